The fourth-order valence-electron chi connectivity index (χ4n) is 1.98. The summed E-state index contributed by atoms with van der Waals surface area (Å²) in [6, 6.07) is 0. The van der Waals surface area contributed by atoms with Crippen LogP contribution < -0.4 is 0 Å². The van der Waals surface area contributed by atoms with Crippen LogP contribution in [0.4, 0.5) is 35.1 Å². The van der Waals surface area contributed by atoms with E-state index in [1.165, 1.54) is 0 Å². The Bertz CT molecular complexity index is 891. The largest absolute Gasteiger partial charge is 0.252 e. The zero-order valence-corrected chi connectivity index (χ0v) is 9.92. The average Bonchev–Trinajstić information content (AvgIpc) is 2.47. The Morgan fingerprint density at radius 3 is 1.00 bits per heavy atom. The van der Waals surface area contributed by atoms with Crippen LogP contribution in [0.1, 0.15) is 0 Å². The number of fused-ring (bicyclic) bond motifs is 3. The molecule has 0 aliphatic heterocycles. The van der Waals surface area contributed by atoms with E-state index in [-0.39, 0.29) is 0 Å². The Labute approximate surface area is 115 Å². The van der Waals surface area contributed by atoms with Crippen LogP contribution in [-0.2, 0) is 0 Å². The third-order valence-corrected chi connectivity index (χ3v) is 2.94. The minimum absolute atomic E-state index is 1.19. The van der Waals surface area contributed by atoms with E-state index in [2.05, 4.69) is 9.97 Å². The van der Waals surface area contributed by atoms with Gasteiger partial charge in [0.15, 0.2) is 23.3 Å². The van der Waals surface area contributed by atoms with E-state index in [0.29, 0.717) is 0 Å². The summed E-state index contributed by atoms with van der Waals surface area (Å²) in [7, 11) is 0. The molecule has 0 spiro atoms. The molecule has 0 fully saturated rings. The van der Waals surface area contributed by atoms with Crippen LogP contribution in [-0.4, -0.2) is 9.97 Å². The summed E-state index contributed by atoms with van der Waals surface area (Å²) in [5.74, 6) is -17.2. The summed E-state index contributed by atoms with van der Waals surface area (Å²) in [6.07, 6.45) is 0. The summed E-state index contributed by atoms with van der Waals surface area (Å²) in [5, 5.41) is -3.00. The van der Waals surface area contributed by atoms with Crippen molar-refractivity contribution < 1.29 is 35.1 Å². The van der Waals surface area contributed by atoms with Crippen molar-refractivity contribution in [3.05, 3.63) is 46.8 Å². The first-order valence-corrected chi connectivity index (χ1v) is 5.41. The minimum atomic E-state index is -2.21. The van der Waals surface area contributed by atoms with Gasteiger partial charge in [0.1, 0.15) is 11.0 Å². The Morgan fingerprint density at radius 1 is 0.409 bits per heavy atom. The Kier molecular flexibility index (Phi) is 2.94. The van der Waals surface area contributed by atoms with Crippen LogP contribution in [0.5, 0.6) is 0 Å². The van der Waals surface area contributed by atoms with Crippen molar-refractivity contribution in [2.75, 3.05) is 0 Å². The molecule has 0 atom stereocenters. The van der Waals surface area contributed by atoms with Crippen molar-refractivity contribution >= 4 is 21.8 Å². The summed E-state index contributed by atoms with van der Waals surface area (Å²) in [5.41, 5.74) is -2.38. The lowest BCUT2D eigenvalue weighted by molar-refractivity contribution is 0.425. The van der Waals surface area contributed by atoms with Crippen LogP contribution in [0.3, 0.4) is 0 Å². The van der Waals surface area contributed by atoms with Gasteiger partial charge in [-0.2, -0.15) is 17.6 Å². The highest BCUT2D eigenvalue weighted by molar-refractivity contribution is 6.03. The van der Waals surface area contributed by atoms with Crippen molar-refractivity contribution in [3.8, 4) is 0 Å². The smallest absolute Gasteiger partial charge is 0.214 e. The van der Waals surface area contributed by atoms with Crippen LogP contribution in [0.2, 0.25) is 0 Å². The number of aromatic nitrogens is 2. The summed E-state index contributed by atoms with van der Waals surface area (Å²) in [6.45, 7) is 0. The van der Waals surface area contributed by atoms with E-state index >= 15 is 0 Å². The molecule has 0 bridgehead atoms. The maximum Gasteiger partial charge on any atom is 0.252 e. The van der Waals surface area contributed by atoms with Crippen LogP contribution in [0, 0.1) is 46.8 Å². The van der Waals surface area contributed by atoms with Gasteiger partial charge in [0.25, 0.3) is 11.9 Å². The van der Waals surface area contributed by atoms with E-state index in [1.54, 1.807) is 0 Å². The molecule has 114 valence electrons. The molecule has 1 aromatic carbocycles. The van der Waals surface area contributed by atoms with Gasteiger partial charge in [-0.05, 0) is 0 Å². The number of halogens is 8. The third kappa shape index (κ3) is 1.66. The van der Waals surface area contributed by atoms with Gasteiger partial charge in [-0.1, -0.05) is 0 Å². The second-order valence-corrected chi connectivity index (χ2v) is 4.14. The molecule has 2 aromatic heterocycles. The number of pyridine rings is 2. The number of hydrogen-bond acceptors (Lipinski definition) is 2. The van der Waals surface area contributed by atoms with Crippen LogP contribution in [0.25, 0.3) is 21.8 Å². The van der Waals surface area contributed by atoms with Crippen molar-refractivity contribution in [3.63, 3.8) is 0 Å². The van der Waals surface area contributed by atoms with Crippen molar-refractivity contribution in [2.24, 2.45) is 0 Å². The van der Waals surface area contributed by atoms with Crippen molar-refractivity contribution in [1.29, 1.82) is 0 Å². The van der Waals surface area contributed by atoms with Crippen molar-refractivity contribution in [1.82, 2.24) is 9.97 Å². The maximum atomic E-state index is 13.8. The molecule has 0 saturated heterocycles. The lowest BCUT2D eigenvalue weighted by Crippen LogP contribution is -2.06. The molecular formula is C12F8N2. The molecule has 2 nitrogen and oxygen atoms in total. The van der Waals surface area contributed by atoms with Gasteiger partial charge < -0.3 is 0 Å². The highest BCUT2D eigenvalue weighted by Gasteiger charge is 2.28. The van der Waals surface area contributed by atoms with Gasteiger partial charge in [0.2, 0.25) is 11.6 Å². The Balaban J connectivity index is 2.74. The first kappa shape index (κ1) is 14.4. The van der Waals surface area contributed by atoms with Crippen molar-refractivity contribution in [2.45, 2.75) is 0 Å². The number of hydrogen-bond donors (Lipinski definition) is 0. The molecule has 0 radical (unpaired) electrons. The van der Waals surface area contributed by atoms with E-state index in [0.717, 1.165) is 0 Å². The molecule has 0 aliphatic rings. The summed E-state index contributed by atoms with van der Waals surface area (Å²) < 4.78 is 107. The molecule has 0 unspecified atom stereocenters. The fourth-order valence-corrected chi connectivity index (χ4v) is 1.98. The highest BCUT2D eigenvalue weighted by Crippen LogP contribution is 2.34. The predicted molar refractivity (Wildman–Crippen MR) is 56.7 cm³/mol. The third-order valence-electron chi connectivity index (χ3n) is 2.94. The van der Waals surface area contributed by atoms with Gasteiger partial charge in [-0.3, -0.25) is 0 Å². The van der Waals surface area contributed by atoms with E-state index in [9.17, 15) is 35.1 Å². The van der Waals surface area contributed by atoms with Gasteiger partial charge in [0.05, 0.1) is 10.8 Å². The molecule has 3 rings (SSSR count). The Hall–Kier alpha value is -2.52. The number of benzene rings is 1. The molecule has 0 amide bonds. The van der Waals surface area contributed by atoms with Gasteiger partial charge in [0, 0.05) is 0 Å². The van der Waals surface area contributed by atoms with E-state index in [1.807, 2.05) is 0 Å². The highest BCUT2D eigenvalue weighted by atomic mass is 19.2. The number of rotatable bonds is 0. The molecule has 2 heterocycles. The zero-order chi connectivity index (χ0) is 16.3. The lowest BCUT2D eigenvalue weighted by Gasteiger charge is -2.09. The second-order valence-electron chi connectivity index (χ2n) is 4.14. The minimum Gasteiger partial charge on any atom is -0.214 e. The van der Waals surface area contributed by atoms with Crippen LogP contribution >= 0.6 is 0 Å². The second kappa shape index (κ2) is 4.49. The lowest BCUT2D eigenvalue weighted by atomic mass is 10.1. The molecule has 0 aliphatic carbocycles. The molecule has 0 saturated carbocycles. The van der Waals surface area contributed by atoms with E-state index in [4.69, 9.17) is 0 Å². The molecule has 10 heteroatoms. The van der Waals surface area contributed by atoms with Gasteiger partial charge >= 0.3 is 0 Å². The average molecular weight is 324 g/mol. The fraction of sp³-hybridized carbons (Fsp3) is 0. The standard InChI is InChI=1S/C12F8N2/c13-3-1-5(15)7(17)11(19)21-9(1)10-2(4(3)14)6(16)8(18)12(20)22-10. The first-order valence-electron chi connectivity index (χ1n) is 5.41. The Morgan fingerprint density at radius 2 is 0.682 bits per heavy atom. The molecule has 0 N–H and O–H groups in total. The van der Waals surface area contributed by atoms with E-state index < -0.39 is 68.6 Å². The normalized spacial score (nSPS) is 11.6. The zero-order valence-electron chi connectivity index (χ0n) is 9.92. The topological polar surface area (TPSA) is 25.8 Å². The first-order chi connectivity index (χ1) is 10.3. The summed E-state index contributed by atoms with van der Waals surface area (Å²) in [4.78, 5) is 5.54. The van der Waals surface area contributed by atoms with Gasteiger partial charge in [-0.25, -0.2) is 27.5 Å². The molecule has 22 heavy (non-hydrogen) atoms. The predicted octanol–water partition coefficient (Wildman–Crippen LogP) is 3.90. The summed E-state index contributed by atoms with van der Waals surface area (Å²) >= 11 is 0. The molecular weight excluding hydrogens is 324 g/mol. The van der Waals surface area contributed by atoms with Crippen LogP contribution in [0.15, 0.2) is 0 Å². The maximum absolute atomic E-state index is 13.8. The van der Waals surface area contributed by atoms with Gasteiger partial charge in [-0.15, -0.1) is 0 Å². The number of nitrogens with zero attached hydrogens (tertiary/aromatic N) is 2. The monoisotopic (exact) mass is 324 g/mol. The molecule has 3 aromatic rings. The quantitative estimate of drug-likeness (QED) is 0.356. The SMILES string of the molecule is Fc1nc2c(c(F)c1F)c(F)c(F)c1c(F)c(F)c(F)nc12.